The Morgan fingerprint density at radius 1 is 0.867 bits per heavy atom. The van der Waals surface area contributed by atoms with Crippen molar-refractivity contribution in [2.24, 2.45) is 0 Å². The summed E-state index contributed by atoms with van der Waals surface area (Å²) in [6.45, 7) is 12.0. The molecule has 0 aliphatic carbocycles. The molecule has 60 heavy (non-hydrogen) atoms. The quantitative estimate of drug-likeness (QED) is 0.0573. The van der Waals surface area contributed by atoms with Gasteiger partial charge in [-0.15, -0.1) is 5.10 Å². The van der Waals surface area contributed by atoms with Crippen LogP contribution in [0.2, 0.25) is 0 Å². The van der Waals surface area contributed by atoms with E-state index < -0.39 is 55.5 Å². The second-order valence-corrected chi connectivity index (χ2v) is 17.9. The number of aryl methyl sites for hydroxylation is 2. The van der Waals surface area contributed by atoms with Crippen molar-refractivity contribution in [1.29, 1.82) is 0 Å². The molecule has 2 aromatic heterocycles. The Balaban J connectivity index is 0.00000129. The van der Waals surface area contributed by atoms with Crippen LogP contribution in [0.4, 0.5) is 0 Å². The number of rotatable bonds is 18. The number of aromatic amines is 1. The van der Waals surface area contributed by atoms with Gasteiger partial charge in [0.25, 0.3) is 15.7 Å². The zero-order valence-electron chi connectivity index (χ0n) is 34.5. The van der Waals surface area contributed by atoms with Crippen LogP contribution in [-0.4, -0.2) is 101 Å². The summed E-state index contributed by atoms with van der Waals surface area (Å²) < 4.78 is 77.7. The van der Waals surface area contributed by atoms with Gasteiger partial charge >= 0.3 is 5.69 Å². The van der Waals surface area contributed by atoms with E-state index in [1.165, 1.54) is 10.8 Å². The minimum absolute atomic E-state index is 0.0202. The smallest absolute Gasteiger partial charge is 0.330 e. The Morgan fingerprint density at radius 3 is 1.88 bits per heavy atom. The standard InChI is InChI=1S/C41H50N6O7S.CH4O3S/c1-5-47(6-2,7-3)29-35-28-45(44-43-35)24-17-25-55(50,51)54-36-26-38(46-27-31(4)39(48)42-40(46)49)53-37(36)30-52-41(32-18-11-8-12-19-32,33-20-13-9-14-21-33)34-22-15-10-16-23-34;1-5(2,3)4/h8-16,18-23,27-28,36-38H,5-7,17,24-26,29-30H2,1-4H3;1H3,(H,2,3,4)/t36-,37-,38-;/m1./s1. The van der Waals surface area contributed by atoms with Crippen LogP contribution in [0.1, 0.15) is 67.8 Å². The Bertz CT molecular complexity index is 2360. The monoisotopic (exact) mass is 866 g/mol. The first-order chi connectivity index (χ1) is 28.5. The van der Waals surface area contributed by atoms with E-state index in [9.17, 15) is 18.0 Å². The summed E-state index contributed by atoms with van der Waals surface area (Å²) in [5, 5.41) is 8.60. The van der Waals surface area contributed by atoms with Gasteiger partial charge in [0.15, 0.2) is 0 Å². The predicted octanol–water partition coefficient (Wildman–Crippen LogP) is 4.08. The molecular formula is C42H54N6O10S2. The van der Waals surface area contributed by atoms with E-state index in [0.717, 1.165) is 53.0 Å². The molecule has 16 nitrogen and oxygen atoms in total. The molecule has 3 heterocycles. The van der Waals surface area contributed by atoms with Crippen molar-refractivity contribution in [2.75, 3.05) is 38.2 Å². The lowest BCUT2D eigenvalue weighted by Gasteiger charge is -2.37. The van der Waals surface area contributed by atoms with Gasteiger partial charge in [-0.1, -0.05) is 96.2 Å². The molecule has 1 aliphatic rings. The van der Waals surface area contributed by atoms with E-state index in [0.29, 0.717) is 18.4 Å². The largest absolute Gasteiger partial charge is 0.748 e. The second-order valence-electron chi connectivity index (χ2n) is 14.8. The fourth-order valence-electron chi connectivity index (χ4n) is 7.41. The fourth-order valence-corrected chi connectivity index (χ4v) is 8.57. The minimum Gasteiger partial charge on any atom is -0.748 e. The van der Waals surface area contributed by atoms with Crippen LogP contribution in [0.3, 0.4) is 0 Å². The van der Waals surface area contributed by atoms with Crippen molar-refractivity contribution in [1.82, 2.24) is 24.5 Å². The van der Waals surface area contributed by atoms with Crippen LogP contribution in [0.15, 0.2) is 113 Å². The highest BCUT2D eigenvalue weighted by atomic mass is 32.2. The molecule has 0 unspecified atom stereocenters. The van der Waals surface area contributed by atoms with E-state index in [2.05, 4.69) is 36.1 Å². The van der Waals surface area contributed by atoms with Crippen molar-refractivity contribution < 1.29 is 39.5 Å². The molecule has 3 aromatic carbocycles. The number of benzene rings is 3. The normalized spacial score (nSPS) is 17.3. The Labute approximate surface area is 351 Å². The highest BCUT2D eigenvalue weighted by Crippen LogP contribution is 2.42. The van der Waals surface area contributed by atoms with Crippen molar-refractivity contribution in [2.45, 2.75) is 77.7 Å². The summed E-state index contributed by atoms with van der Waals surface area (Å²) in [5.41, 5.74) is 1.47. The molecule has 1 aliphatic heterocycles. The number of hydrogen-bond donors (Lipinski definition) is 1. The topological polar surface area (TPSA) is 205 Å². The summed E-state index contributed by atoms with van der Waals surface area (Å²) in [6, 6.07) is 29.4. The van der Waals surface area contributed by atoms with E-state index >= 15 is 0 Å². The first kappa shape index (κ1) is 46.2. The average Bonchev–Trinajstić information content (AvgIpc) is 3.84. The van der Waals surface area contributed by atoms with E-state index in [1.54, 1.807) is 11.6 Å². The number of nitrogens with one attached hydrogen (secondary N) is 1. The van der Waals surface area contributed by atoms with Crippen LogP contribution >= 0.6 is 0 Å². The molecule has 6 rings (SSSR count). The fraction of sp³-hybridized carbons (Fsp3) is 0.429. The Morgan fingerprint density at radius 2 is 1.38 bits per heavy atom. The lowest BCUT2D eigenvalue weighted by atomic mass is 9.80. The zero-order valence-corrected chi connectivity index (χ0v) is 36.2. The van der Waals surface area contributed by atoms with Gasteiger partial charge in [0.05, 0.1) is 48.3 Å². The Kier molecular flexibility index (Phi) is 15.5. The van der Waals surface area contributed by atoms with Gasteiger partial charge < -0.3 is 18.5 Å². The summed E-state index contributed by atoms with van der Waals surface area (Å²) in [7, 11) is -8.00. The number of H-pyrrole nitrogens is 1. The minimum atomic E-state index is -4.09. The highest BCUT2D eigenvalue weighted by Gasteiger charge is 2.44. The van der Waals surface area contributed by atoms with Gasteiger partial charge in [0.2, 0.25) is 0 Å². The maximum absolute atomic E-state index is 13.6. The zero-order chi connectivity index (χ0) is 43.6. The molecule has 1 fully saturated rings. The van der Waals surface area contributed by atoms with Crippen molar-refractivity contribution in [3.8, 4) is 0 Å². The number of ether oxygens (including phenoxy) is 2. The van der Waals surface area contributed by atoms with Gasteiger partial charge in [-0.2, -0.15) is 8.42 Å². The summed E-state index contributed by atoms with van der Waals surface area (Å²) >= 11 is 0. The molecule has 18 heteroatoms. The second kappa shape index (κ2) is 20.2. The molecule has 1 saturated heterocycles. The van der Waals surface area contributed by atoms with Gasteiger partial charge in [-0.25, -0.2) is 13.2 Å². The molecule has 0 saturated carbocycles. The van der Waals surface area contributed by atoms with Gasteiger partial charge in [0, 0.05) is 31.0 Å². The highest BCUT2D eigenvalue weighted by molar-refractivity contribution is 7.86. The van der Waals surface area contributed by atoms with Crippen molar-refractivity contribution in [3.05, 3.63) is 152 Å². The van der Waals surface area contributed by atoms with E-state index in [-0.39, 0.29) is 25.2 Å². The van der Waals surface area contributed by atoms with Gasteiger partial charge in [-0.05, 0) is 50.8 Å². The molecule has 3 atom stereocenters. The molecular weight excluding hydrogens is 813 g/mol. The Hall–Kier alpha value is -4.82. The maximum Gasteiger partial charge on any atom is 0.330 e. The molecule has 0 amide bonds. The number of aromatic nitrogens is 5. The third-order valence-electron chi connectivity index (χ3n) is 10.8. The van der Waals surface area contributed by atoms with Crippen LogP contribution in [0.5, 0.6) is 0 Å². The maximum atomic E-state index is 13.6. The lowest BCUT2D eigenvalue weighted by molar-refractivity contribution is -0.936. The van der Waals surface area contributed by atoms with E-state index in [1.807, 2.05) is 97.2 Å². The number of hydrogen-bond acceptors (Lipinski definition) is 12. The first-order valence-corrected chi connectivity index (χ1v) is 23.2. The molecule has 0 bridgehead atoms. The van der Waals surface area contributed by atoms with E-state index in [4.69, 9.17) is 26.6 Å². The van der Waals surface area contributed by atoms with Crippen molar-refractivity contribution in [3.63, 3.8) is 0 Å². The summed E-state index contributed by atoms with van der Waals surface area (Å²) in [6.07, 6.45) is 1.32. The predicted molar refractivity (Wildman–Crippen MR) is 224 cm³/mol. The van der Waals surface area contributed by atoms with Gasteiger partial charge in [-0.3, -0.25) is 23.2 Å². The summed E-state index contributed by atoms with van der Waals surface area (Å²) in [5.74, 6) is -0.268. The molecule has 0 radical (unpaired) electrons. The van der Waals surface area contributed by atoms with Gasteiger partial charge in [0.1, 0.15) is 36.3 Å². The molecule has 1 N–H and O–H groups in total. The molecule has 324 valence electrons. The third-order valence-corrected chi connectivity index (χ3v) is 12.1. The summed E-state index contributed by atoms with van der Waals surface area (Å²) in [4.78, 5) is 27.5. The number of quaternary nitrogens is 1. The van der Waals surface area contributed by atoms with Crippen molar-refractivity contribution >= 4 is 20.2 Å². The van der Waals surface area contributed by atoms with Crippen LogP contribution < -0.4 is 11.2 Å². The average molecular weight is 867 g/mol. The van der Waals surface area contributed by atoms with Crippen LogP contribution in [0, 0.1) is 6.92 Å². The third kappa shape index (κ3) is 11.9. The SMILES string of the molecule is CC[N+](CC)(CC)Cc1cn(CCCS(=O)(=O)O[C@@H]2C[C@H](n3cc(C)c(=O)[nH]c3=O)O[C@@H]2COC(c2ccccc2)(c2ccccc2)c2ccccc2)nn1.CS(=O)(=O)[O-]. The first-order valence-electron chi connectivity index (χ1n) is 19.9. The van der Waals surface area contributed by atoms with Crippen LogP contribution in [-0.2, 0) is 52.6 Å². The number of nitrogens with zero attached hydrogens (tertiary/aromatic N) is 5. The molecule has 5 aromatic rings. The lowest BCUT2D eigenvalue weighted by Crippen LogP contribution is -2.46. The van der Waals surface area contributed by atoms with Crippen LogP contribution in [0.25, 0.3) is 0 Å². The molecule has 0 spiro atoms.